The number of nitrogens with zero attached hydrogens (tertiary/aromatic N) is 6. The molecule has 1 saturated heterocycles. The molecular formula is C25H23F3N6O2. The fourth-order valence-corrected chi connectivity index (χ4v) is 4.72. The normalized spacial score (nSPS) is 16.9. The summed E-state index contributed by atoms with van der Waals surface area (Å²) in [6.07, 6.45) is 4.24. The van der Waals surface area contributed by atoms with E-state index in [1.807, 2.05) is 0 Å². The van der Waals surface area contributed by atoms with E-state index in [0.29, 0.717) is 41.7 Å². The lowest BCUT2D eigenvalue weighted by molar-refractivity contribution is -0.129. The number of carbonyl (C=O) groups excluding carboxylic acids is 1. The van der Waals surface area contributed by atoms with Gasteiger partial charge in [-0.25, -0.2) is 9.37 Å². The molecule has 1 aliphatic heterocycles. The summed E-state index contributed by atoms with van der Waals surface area (Å²) in [5, 5.41) is 7.04. The van der Waals surface area contributed by atoms with Crippen molar-refractivity contribution in [1.29, 1.82) is 0 Å². The molecule has 6 rings (SSSR count). The molecule has 0 unspecified atom stereocenters. The summed E-state index contributed by atoms with van der Waals surface area (Å²) in [5.74, 6) is -1.39. The summed E-state index contributed by atoms with van der Waals surface area (Å²) in [6.45, 7) is 1.60. The SMILES string of the molecule is O=C(C1CN(C2CCC2)C1)N(Cc1cn2ccc(-c3nnc(C(F)F)o3)cc2n1)c1cccc(F)c1. The van der Waals surface area contributed by atoms with Crippen molar-refractivity contribution >= 4 is 17.2 Å². The Hall–Kier alpha value is -3.73. The highest BCUT2D eigenvalue weighted by atomic mass is 19.3. The third-order valence-electron chi connectivity index (χ3n) is 6.94. The van der Waals surface area contributed by atoms with E-state index in [1.54, 1.807) is 46.0 Å². The van der Waals surface area contributed by atoms with Gasteiger partial charge in [0.1, 0.15) is 11.5 Å². The monoisotopic (exact) mass is 496 g/mol. The number of fused-ring (bicyclic) bond motifs is 1. The summed E-state index contributed by atoms with van der Waals surface area (Å²) in [4.78, 5) is 22.0. The average molecular weight is 496 g/mol. The van der Waals surface area contributed by atoms with E-state index in [1.165, 1.54) is 31.4 Å². The van der Waals surface area contributed by atoms with Crippen LogP contribution in [0.4, 0.5) is 18.9 Å². The van der Waals surface area contributed by atoms with E-state index in [-0.39, 0.29) is 24.3 Å². The van der Waals surface area contributed by atoms with Crippen molar-refractivity contribution in [3.63, 3.8) is 0 Å². The van der Waals surface area contributed by atoms with Crippen LogP contribution in [0.25, 0.3) is 17.1 Å². The first-order valence-electron chi connectivity index (χ1n) is 11.8. The molecule has 4 heterocycles. The number of alkyl halides is 2. The van der Waals surface area contributed by atoms with Gasteiger partial charge in [0, 0.05) is 42.8 Å². The predicted molar refractivity (Wildman–Crippen MR) is 124 cm³/mol. The number of carbonyl (C=O) groups is 1. The van der Waals surface area contributed by atoms with Gasteiger partial charge in [-0.2, -0.15) is 8.78 Å². The van der Waals surface area contributed by atoms with Crippen LogP contribution in [0.5, 0.6) is 0 Å². The van der Waals surface area contributed by atoms with Crippen molar-refractivity contribution in [1.82, 2.24) is 24.5 Å². The largest absolute Gasteiger partial charge is 0.415 e. The van der Waals surface area contributed by atoms with Gasteiger partial charge in [-0.05, 0) is 43.2 Å². The number of halogens is 3. The number of benzene rings is 1. The van der Waals surface area contributed by atoms with Crippen LogP contribution in [0, 0.1) is 11.7 Å². The van der Waals surface area contributed by atoms with E-state index >= 15 is 0 Å². The number of imidazole rings is 1. The van der Waals surface area contributed by atoms with E-state index in [4.69, 9.17) is 4.42 Å². The van der Waals surface area contributed by atoms with Crippen molar-refractivity contribution in [2.24, 2.45) is 5.92 Å². The number of amides is 1. The van der Waals surface area contributed by atoms with Crippen LogP contribution >= 0.6 is 0 Å². The van der Waals surface area contributed by atoms with Crippen LogP contribution in [0.15, 0.2) is 53.2 Å². The Morgan fingerprint density at radius 2 is 2.00 bits per heavy atom. The predicted octanol–water partition coefficient (Wildman–Crippen LogP) is 4.48. The minimum atomic E-state index is -2.85. The first-order valence-corrected chi connectivity index (χ1v) is 11.8. The molecule has 0 atom stereocenters. The van der Waals surface area contributed by atoms with E-state index < -0.39 is 18.1 Å². The van der Waals surface area contributed by atoms with Crippen molar-refractivity contribution in [3.8, 4) is 11.5 Å². The van der Waals surface area contributed by atoms with Crippen molar-refractivity contribution in [2.75, 3.05) is 18.0 Å². The molecule has 1 aromatic carbocycles. The number of anilines is 1. The lowest BCUT2D eigenvalue weighted by Gasteiger charge is -2.48. The maximum Gasteiger partial charge on any atom is 0.314 e. The number of likely N-dealkylation sites (tertiary alicyclic amines) is 1. The lowest BCUT2D eigenvalue weighted by Crippen LogP contribution is -2.59. The number of rotatable bonds is 7. The summed E-state index contributed by atoms with van der Waals surface area (Å²) in [6, 6.07) is 9.87. The van der Waals surface area contributed by atoms with Gasteiger partial charge in [-0.15, -0.1) is 10.2 Å². The number of hydrogen-bond acceptors (Lipinski definition) is 6. The quantitative estimate of drug-likeness (QED) is 0.376. The standard InChI is InChI=1S/C25H23F3N6O2/c26-17-3-1-6-20(10-17)34(25(35)16-11-33(12-16)19-4-2-5-19)14-18-13-32-8-7-15(9-21(32)29-18)23-30-31-24(36-23)22(27)28/h1,3,6-10,13,16,19,22H,2,4-5,11-12,14H2. The van der Waals surface area contributed by atoms with Crippen LogP contribution in [0.2, 0.25) is 0 Å². The van der Waals surface area contributed by atoms with E-state index in [9.17, 15) is 18.0 Å². The summed E-state index contributed by atoms with van der Waals surface area (Å²) in [7, 11) is 0. The van der Waals surface area contributed by atoms with Gasteiger partial charge in [0.15, 0.2) is 0 Å². The van der Waals surface area contributed by atoms with Gasteiger partial charge in [0.2, 0.25) is 11.8 Å². The molecule has 36 heavy (non-hydrogen) atoms. The highest BCUT2D eigenvalue weighted by Gasteiger charge is 2.40. The highest BCUT2D eigenvalue weighted by molar-refractivity contribution is 5.95. The first-order chi connectivity index (χ1) is 17.4. The second kappa shape index (κ2) is 9.05. The highest BCUT2D eigenvalue weighted by Crippen LogP contribution is 2.33. The molecule has 186 valence electrons. The van der Waals surface area contributed by atoms with Gasteiger partial charge in [-0.3, -0.25) is 9.69 Å². The van der Waals surface area contributed by atoms with Crippen LogP contribution in [-0.4, -0.2) is 49.5 Å². The number of pyridine rings is 1. The minimum Gasteiger partial charge on any atom is -0.415 e. The molecule has 2 aliphatic rings. The number of hydrogen-bond donors (Lipinski definition) is 0. The Kier molecular flexibility index (Phi) is 5.71. The molecule has 0 bridgehead atoms. The van der Waals surface area contributed by atoms with Crippen molar-refractivity contribution in [2.45, 2.75) is 38.3 Å². The van der Waals surface area contributed by atoms with Gasteiger partial charge in [-0.1, -0.05) is 12.5 Å². The fraction of sp³-hybridized carbons (Fsp3) is 0.360. The van der Waals surface area contributed by atoms with Crippen LogP contribution in [0.3, 0.4) is 0 Å². The van der Waals surface area contributed by atoms with Crippen LogP contribution in [-0.2, 0) is 11.3 Å². The van der Waals surface area contributed by atoms with Crippen molar-refractivity contribution in [3.05, 3.63) is 66.2 Å². The zero-order valence-electron chi connectivity index (χ0n) is 19.2. The molecule has 11 heteroatoms. The molecule has 3 aromatic heterocycles. The summed E-state index contributed by atoms with van der Waals surface area (Å²) < 4.78 is 46.4. The van der Waals surface area contributed by atoms with Crippen LogP contribution in [0.1, 0.15) is 37.3 Å². The second-order valence-corrected chi connectivity index (χ2v) is 9.30. The van der Waals surface area contributed by atoms with E-state index in [0.717, 1.165) is 0 Å². The molecule has 4 aromatic rings. The molecule has 0 radical (unpaired) electrons. The minimum absolute atomic E-state index is 0.0325. The maximum absolute atomic E-state index is 14.0. The molecular weight excluding hydrogens is 473 g/mol. The third kappa shape index (κ3) is 4.23. The molecule has 1 aliphatic carbocycles. The zero-order chi connectivity index (χ0) is 24.8. The Bertz CT molecular complexity index is 1410. The van der Waals surface area contributed by atoms with E-state index in [2.05, 4.69) is 20.1 Å². The van der Waals surface area contributed by atoms with Gasteiger partial charge in [0.25, 0.3) is 5.89 Å². The van der Waals surface area contributed by atoms with Crippen molar-refractivity contribution < 1.29 is 22.4 Å². The average Bonchev–Trinajstić information content (AvgIpc) is 3.44. The van der Waals surface area contributed by atoms with Crippen LogP contribution < -0.4 is 4.90 Å². The van der Waals surface area contributed by atoms with Gasteiger partial charge >= 0.3 is 6.43 Å². The Morgan fingerprint density at radius 1 is 1.17 bits per heavy atom. The van der Waals surface area contributed by atoms with Gasteiger partial charge in [0.05, 0.1) is 18.2 Å². The lowest BCUT2D eigenvalue weighted by atomic mass is 9.86. The maximum atomic E-state index is 14.0. The summed E-state index contributed by atoms with van der Waals surface area (Å²) in [5.41, 5.74) is 2.04. The Morgan fingerprint density at radius 3 is 2.69 bits per heavy atom. The zero-order valence-corrected chi connectivity index (χ0v) is 19.2. The molecule has 0 spiro atoms. The molecule has 1 saturated carbocycles. The van der Waals surface area contributed by atoms with Gasteiger partial charge < -0.3 is 13.7 Å². The Balaban J connectivity index is 1.25. The molecule has 2 fully saturated rings. The fourth-order valence-electron chi connectivity index (χ4n) is 4.72. The molecule has 8 nitrogen and oxygen atoms in total. The molecule has 1 amide bonds. The topological polar surface area (TPSA) is 79.8 Å². The second-order valence-electron chi connectivity index (χ2n) is 9.30. The Labute approximate surface area is 204 Å². The molecule has 0 N–H and O–H groups in total. The first kappa shape index (κ1) is 22.7. The smallest absolute Gasteiger partial charge is 0.314 e. The third-order valence-corrected chi connectivity index (χ3v) is 6.94. The number of aromatic nitrogens is 4. The summed E-state index contributed by atoms with van der Waals surface area (Å²) >= 11 is 0.